The molecule has 1 aromatic heterocycles. The van der Waals surface area contributed by atoms with Crippen LogP contribution in [0.1, 0.15) is 25.2 Å². The molecule has 3 aromatic rings. The number of benzene rings is 2. The lowest BCUT2D eigenvalue weighted by atomic mass is 10.2. The van der Waals surface area contributed by atoms with Gasteiger partial charge in [0.05, 0.1) is 18.2 Å². The van der Waals surface area contributed by atoms with E-state index in [9.17, 15) is 4.79 Å². The summed E-state index contributed by atoms with van der Waals surface area (Å²) >= 11 is 0. The molecule has 0 unspecified atom stereocenters. The minimum Gasteiger partial charge on any atom is -0.490 e. The molecule has 0 radical (unpaired) electrons. The second kappa shape index (κ2) is 8.73. The molecule has 0 aliphatic heterocycles. The van der Waals surface area contributed by atoms with Crippen LogP contribution in [-0.4, -0.2) is 24.8 Å². The third-order valence-electron chi connectivity index (χ3n) is 3.87. The van der Waals surface area contributed by atoms with Crippen LogP contribution < -0.4 is 14.9 Å². The molecule has 1 heterocycles. The molecular weight excluding hydrogens is 358 g/mol. The molecule has 2 aromatic carbocycles. The number of furan rings is 1. The van der Waals surface area contributed by atoms with E-state index in [0.717, 1.165) is 5.39 Å². The molecule has 0 bridgehead atoms. The van der Waals surface area contributed by atoms with E-state index in [2.05, 4.69) is 10.5 Å². The fourth-order valence-corrected chi connectivity index (χ4v) is 2.49. The van der Waals surface area contributed by atoms with Gasteiger partial charge in [-0.3, -0.25) is 4.79 Å². The van der Waals surface area contributed by atoms with Crippen molar-refractivity contribution in [2.45, 2.75) is 13.8 Å². The molecule has 7 nitrogen and oxygen atoms in total. The fourth-order valence-electron chi connectivity index (χ4n) is 2.49. The first kappa shape index (κ1) is 19.0. The third kappa shape index (κ3) is 4.48. The number of hydrazone groups is 1. The molecule has 0 saturated heterocycles. The minimum absolute atomic E-state index is 0.197. The second-order valence-electron chi connectivity index (χ2n) is 5.88. The lowest BCUT2D eigenvalue weighted by Gasteiger charge is -2.05. The van der Waals surface area contributed by atoms with Gasteiger partial charge in [0.2, 0.25) is 0 Å². The Hall–Kier alpha value is -3.79. The Bertz CT molecular complexity index is 1050. The summed E-state index contributed by atoms with van der Waals surface area (Å²) in [6.45, 7) is 3.99. The van der Waals surface area contributed by atoms with Crippen molar-refractivity contribution in [1.29, 1.82) is 5.26 Å². The summed E-state index contributed by atoms with van der Waals surface area (Å²) in [5.74, 6) is 1.29. The van der Waals surface area contributed by atoms with Gasteiger partial charge in [-0.25, -0.2) is 5.43 Å². The van der Waals surface area contributed by atoms with Gasteiger partial charge in [0.15, 0.2) is 23.7 Å². The molecule has 1 N–H and O–H groups in total. The highest BCUT2D eigenvalue weighted by Gasteiger charge is 2.11. The molecule has 3 rings (SSSR count). The number of para-hydroxylation sites is 1. The summed E-state index contributed by atoms with van der Waals surface area (Å²) in [6.07, 6.45) is 0. The van der Waals surface area contributed by atoms with E-state index >= 15 is 0 Å². The monoisotopic (exact) mass is 377 g/mol. The number of hydrogen-bond acceptors (Lipinski definition) is 6. The van der Waals surface area contributed by atoms with E-state index in [-0.39, 0.29) is 6.61 Å². The SMILES string of the molecule is CCOc1cccc2cc(/C(C)=N\NC(=O)COc3ccc(C#N)cc3)oc12. The van der Waals surface area contributed by atoms with Crippen molar-refractivity contribution in [2.24, 2.45) is 5.10 Å². The van der Waals surface area contributed by atoms with Crippen molar-refractivity contribution < 1.29 is 18.7 Å². The van der Waals surface area contributed by atoms with Gasteiger partial charge < -0.3 is 13.9 Å². The first-order valence-corrected chi connectivity index (χ1v) is 8.72. The van der Waals surface area contributed by atoms with Crippen LogP contribution in [0, 0.1) is 11.3 Å². The number of rotatable bonds is 7. The van der Waals surface area contributed by atoms with Crippen LogP contribution in [0.15, 0.2) is 58.0 Å². The molecule has 1 amide bonds. The van der Waals surface area contributed by atoms with E-state index in [1.807, 2.05) is 37.3 Å². The van der Waals surface area contributed by atoms with Crippen LogP contribution in [0.5, 0.6) is 11.5 Å². The van der Waals surface area contributed by atoms with Crippen molar-refractivity contribution >= 4 is 22.6 Å². The van der Waals surface area contributed by atoms with Crippen LogP contribution in [0.25, 0.3) is 11.0 Å². The number of nitrogens with zero attached hydrogens (tertiary/aromatic N) is 2. The van der Waals surface area contributed by atoms with Gasteiger partial charge in [-0.15, -0.1) is 0 Å². The molecule has 0 saturated carbocycles. The average molecular weight is 377 g/mol. The number of hydrogen-bond donors (Lipinski definition) is 1. The van der Waals surface area contributed by atoms with Gasteiger partial charge in [0.1, 0.15) is 11.5 Å². The standard InChI is InChI=1S/C21H19N3O4/c1-3-26-18-6-4-5-16-11-19(28-21(16)18)14(2)23-24-20(25)13-27-17-9-7-15(12-22)8-10-17/h4-11H,3,13H2,1-2H3,(H,24,25)/b23-14-. The number of fused-ring (bicyclic) bond motifs is 1. The number of carbonyl (C=O) groups is 1. The predicted octanol–water partition coefficient (Wildman–Crippen LogP) is 3.62. The van der Waals surface area contributed by atoms with Gasteiger partial charge in [-0.2, -0.15) is 10.4 Å². The number of carbonyl (C=O) groups excluding carboxylic acids is 1. The molecular formula is C21H19N3O4. The highest BCUT2D eigenvalue weighted by Crippen LogP contribution is 2.29. The Morgan fingerprint density at radius 3 is 2.71 bits per heavy atom. The highest BCUT2D eigenvalue weighted by atomic mass is 16.5. The summed E-state index contributed by atoms with van der Waals surface area (Å²) < 4.78 is 16.8. The van der Waals surface area contributed by atoms with Crippen molar-refractivity contribution in [3.8, 4) is 17.6 Å². The summed E-state index contributed by atoms with van der Waals surface area (Å²) in [6, 6.07) is 16.0. The van der Waals surface area contributed by atoms with Crippen LogP contribution in [-0.2, 0) is 4.79 Å². The highest BCUT2D eigenvalue weighted by molar-refractivity contribution is 6.01. The maximum atomic E-state index is 11.9. The van der Waals surface area contributed by atoms with E-state index in [1.165, 1.54) is 0 Å². The average Bonchev–Trinajstić information content (AvgIpc) is 3.16. The molecule has 0 spiro atoms. The number of amides is 1. The number of nitriles is 1. The zero-order chi connectivity index (χ0) is 19.9. The van der Waals surface area contributed by atoms with Crippen LogP contribution in [0.2, 0.25) is 0 Å². The summed E-state index contributed by atoms with van der Waals surface area (Å²) in [4.78, 5) is 11.9. The summed E-state index contributed by atoms with van der Waals surface area (Å²) in [5.41, 5.74) is 4.12. The molecule has 142 valence electrons. The van der Waals surface area contributed by atoms with Gasteiger partial charge in [-0.1, -0.05) is 12.1 Å². The molecule has 0 aliphatic rings. The van der Waals surface area contributed by atoms with E-state index in [1.54, 1.807) is 31.2 Å². The van der Waals surface area contributed by atoms with Gasteiger partial charge >= 0.3 is 0 Å². The Labute approximate surface area is 162 Å². The van der Waals surface area contributed by atoms with E-state index < -0.39 is 5.91 Å². The lowest BCUT2D eigenvalue weighted by molar-refractivity contribution is -0.123. The maximum Gasteiger partial charge on any atom is 0.277 e. The van der Waals surface area contributed by atoms with E-state index in [4.69, 9.17) is 19.2 Å². The van der Waals surface area contributed by atoms with E-state index in [0.29, 0.717) is 40.7 Å². The Morgan fingerprint density at radius 1 is 1.21 bits per heavy atom. The molecule has 0 atom stereocenters. The number of nitrogens with one attached hydrogen (secondary N) is 1. The zero-order valence-corrected chi connectivity index (χ0v) is 15.6. The lowest BCUT2D eigenvalue weighted by Crippen LogP contribution is -2.25. The second-order valence-corrected chi connectivity index (χ2v) is 5.88. The van der Waals surface area contributed by atoms with Gasteiger partial charge in [0.25, 0.3) is 5.91 Å². The molecule has 0 aliphatic carbocycles. The smallest absolute Gasteiger partial charge is 0.277 e. The van der Waals surface area contributed by atoms with Crippen LogP contribution in [0.4, 0.5) is 0 Å². The number of ether oxygens (including phenoxy) is 2. The summed E-state index contributed by atoms with van der Waals surface area (Å²) in [5, 5.41) is 13.7. The maximum absolute atomic E-state index is 11.9. The predicted molar refractivity (Wildman–Crippen MR) is 104 cm³/mol. The summed E-state index contributed by atoms with van der Waals surface area (Å²) in [7, 11) is 0. The van der Waals surface area contributed by atoms with Crippen molar-refractivity contribution in [3.05, 3.63) is 59.9 Å². The normalized spacial score (nSPS) is 11.1. The molecule has 28 heavy (non-hydrogen) atoms. The first-order valence-electron chi connectivity index (χ1n) is 8.72. The van der Waals surface area contributed by atoms with Crippen molar-refractivity contribution in [2.75, 3.05) is 13.2 Å². The van der Waals surface area contributed by atoms with Crippen LogP contribution in [0.3, 0.4) is 0 Å². The Balaban J connectivity index is 1.61. The largest absolute Gasteiger partial charge is 0.490 e. The third-order valence-corrected chi connectivity index (χ3v) is 3.87. The Kier molecular flexibility index (Phi) is 5.92. The Morgan fingerprint density at radius 2 is 2.00 bits per heavy atom. The zero-order valence-electron chi connectivity index (χ0n) is 15.6. The first-order chi connectivity index (χ1) is 13.6. The van der Waals surface area contributed by atoms with Gasteiger partial charge in [0, 0.05) is 5.39 Å². The van der Waals surface area contributed by atoms with Gasteiger partial charge in [-0.05, 0) is 50.2 Å². The molecule has 0 fully saturated rings. The van der Waals surface area contributed by atoms with Crippen molar-refractivity contribution in [3.63, 3.8) is 0 Å². The van der Waals surface area contributed by atoms with Crippen LogP contribution >= 0.6 is 0 Å². The topological polar surface area (TPSA) is 96.9 Å². The quantitative estimate of drug-likeness (QED) is 0.501. The fraction of sp³-hybridized carbons (Fsp3) is 0.190. The molecule has 7 heteroatoms. The minimum atomic E-state index is -0.408. The van der Waals surface area contributed by atoms with Crippen molar-refractivity contribution in [1.82, 2.24) is 5.43 Å².